The molecule has 100 valence electrons. The van der Waals surface area contributed by atoms with Gasteiger partial charge in [-0.3, -0.25) is 4.21 Å². The molecule has 1 heterocycles. The average Bonchev–Trinajstić information content (AvgIpc) is 2.34. The molecule has 18 heavy (non-hydrogen) atoms. The first kappa shape index (κ1) is 13.7. The molecule has 1 aromatic carbocycles. The molecule has 4 heteroatoms. The van der Waals surface area contributed by atoms with Gasteiger partial charge in [-0.05, 0) is 56.0 Å². The lowest BCUT2D eigenvalue weighted by atomic mass is 10.1. The van der Waals surface area contributed by atoms with Gasteiger partial charge >= 0.3 is 0 Å². The van der Waals surface area contributed by atoms with Gasteiger partial charge in [-0.25, -0.2) is 4.39 Å². The number of rotatable bonds is 4. The number of halogens is 1. The summed E-state index contributed by atoms with van der Waals surface area (Å²) in [4.78, 5) is 0. The first-order valence-electron chi connectivity index (χ1n) is 6.48. The third-order valence-electron chi connectivity index (χ3n) is 3.52. The molecule has 2 rings (SSSR count). The fourth-order valence-electron chi connectivity index (χ4n) is 2.35. The predicted molar refractivity (Wildman–Crippen MR) is 73.7 cm³/mol. The van der Waals surface area contributed by atoms with Crippen LogP contribution in [0.1, 0.15) is 24.0 Å². The van der Waals surface area contributed by atoms with E-state index < -0.39 is 10.8 Å². The van der Waals surface area contributed by atoms with Gasteiger partial charge in [0.2, 0.25) is 0 Å². The van der Waals surface area contributed by atoms with Crippen molar-refractivity contribution in [3.63, 3.8) is 0 Å². The summed E-state index contributed by atoms with van der Waals surface area (Å²) in [5, 5.41) is 3.50. The van der Waals surface area contributed by atoms with E-state index in [4.69, 9.17) is 0 Å². The van der Waals surface area contributed by atoms with Crippen molar-refractivity contribution < 1.29 is 8.60 Å². The predicted octanol–water partition coefficient (Wildman–Crippen LogP) is 2.18. The van der Waals surface area contributed by atoms with Gasteiger partial charge in [-0.2, -0.15) is 0 Å². The van der Waals surface area contributed by atoms with Gasteiger partial charge in [-0.1, -0.05) is 6.07 Å². The van der Waals surface area contributed by atoms with Crippen LogP contribution in [0, 0.1) is 12.7 Å². The van der Waals surface area contributed by atoms with Crippen molar-refractivity contribution in [2.45, 2.75) is 32.2 Å². The van der Waals surface area contributed by atoms with Crippen molar-refractivity contribution in [2.75, 3.05) is 18.1 Å². The molecule has 0 aromatic heterocycles. The molecule has 1 fully saturated rings. The van der Waals surface area contributed by atoms with Crippen LogP contribution in [0.25, 0.3) is 0 Å². The number of hydrogen-bond donors (Lipinski definition) is 1. The topological polar surface area (TPSA) is 29.1 Å². The van der Waals surface area contributed by atoms with Crippen LogP contribution in [0.2, 0.25) is 0 Å². The minimum absolute atomic E-state index is 0.168. The summed E-state index contributed by atoms with van der Waals surface area (Å²) in [5.74, 6) is 1.49. The molecule has 1 N–H and O–H groups in total. The molecule has 0 amide bonds. The van der Waals surface area contributed by atoms with Gasteiger partial charge in [0.15, 0.2) is 0 Å². The summed E-state index contributed by atoms with van der Waals surface area (Å²) in [7, 11) is -0.590. The van der Waals surface area contributed by atoms with E-state index in [0.717, 1.165) is 42.9 Å². The lowest BCUT2D eigenvalue weighted by Crippen LogP contribution is -2.36. The Hall–Kier alpha value is -0.740. The zero-order valence-corrected chi connectivity index (χ0v) is 11.6. The standard InChI is InChI=1S/C14H20FNOS/c1-11-10-13(15)3-2-12(11)4-7-16-14-5-8-18(17)9-6-14/h2-3,10,14,16H,4-9H2,1H3. The molecule has 0 aliphatic carbocycles. The summed E-state index contributed by atoms with van der Waals surface area (Å²) < 4.78 is 24.2. The van der Waals surface area contributed by atoms with Gasteiger partial charge in [0.25, 0.3) is 0 Å². The Labute approximate surface area is 110 Å². The summed E-state index contributed by atoms with van der Waals surface area (Å²) in [5.41, 5.74) is 2.21. The first-order valence-corrected chi connectivity index (χ1v) is 7.97. The van der Waals surface area contributed by atoms with Crippen molar-refractivity contribution in [2.24, 2.45) is 0 Å². The van der Waals surface area contributed by atoms with Crippen LogP contribution in [0.4, 0.5) is 4.39 Å². The molecule has 0 radical (unpaired) electrons. The summed E-state index contributed by atoms with van der Waals surface area (Å²) in [6.07, 6.45) is 2.94. The van der Waals surface area contributed by atoms with Gasteiger partial charge in [0.1, 0.15) is 5.82 Å². The second kappa shape index (κ2) is 6.43. The van der Waals surface area contributed by atoms with E-state index in [9.17, 15) is 8.60 Å². The Kier molecular flexibility index (Phi) is 4.89. The van der Waals surface area contributed by atoms with Gasteiger partial charge in [0, 0.05) is 28.3 Å². The molecular formula is C14H20FNOS. The molecule has 0 atom stereocenters. The van der Waals surface area contributed by atoms with Crippen LogP contribution in [-0.2, 0) is 17.2 Å². The molecule has 0 saturated carbocycles. The minimum atomic E-state index is -0.590. The zero-order chi connectivity index (χ0) is 13.0. The molecular weight excluding hydrogens is 249 g/mol. The molecule has 0 unspecified atom stereocenters. The number of benzene rings is 1. The second-order valence-corrected chi connectivity index (χ2v) is 6.59. The Morgan fingerprint density at radius 1 is 1.39 bits per heavy atom. The lowest BCUT2D eigenvalue weighted by Gasteiger charge is -2.22. The van der Waals surface area contributed by atoms with Gasteiger partial charge < -0.3 is 5.32 Å². The largest absolute Gasteiger partial charge is 0.314 e. The Morgan fingerprint density at radius 3 is 2.78 bits per heavy atom. The van der Waals surface area contributed by atoms with E-state index in [1.165, 1.54) is 11.6 Å². The third kappa shape index (κ3) is 3.89. The number of hydrogen-bond acceptors (Lipinski definition) is 2. The smallest absolute Gasteiger partial charge is 0.123 e. The van der Waals surface area contributed by atoms with Crippen LogP contribution in [0.15, 0.2) is 18.2 Å². The van der Waals surface area contributed by atoms with E-state index in [0.29, 0.717) is 6.04 Å². The van der Waals surface area contributed by atoms with Crippen LogP contribution in [0.5, 0.6) is 0 Å². The quantitative estimate of drug-likeness (QED) is 0.907. The summed E-state index contributed by atoms with van der Waals surface area (Å²) in [6.45, 7) is 2.85. The maximum atomic E-state index is 13.0. The van der Waals surface area contributed by atoms with Crippen LogP contribution >= 0.6 is 0 Å². The maximum Gasteiger partial charge on any atom is 0.123 e. The molecule has 1 aliphatic rings. The van der Waals surface area contributed by atoms with Crippen molar-refractivity contribution >= 4 is 10.8 Å². The summed E-state index contributed by atoms with van der Waals surface area (Å²) >= 11 is 0. The van der Waals surface area contributed by atoms with E-state index in [-0.39, 0.29) is 5.82 Å². The highest BCUT2D eigenvalue weighted by Crippen LogP contribution is 2.12. The molecule has 2 nitrogen and oxygen atoms in total. The molecule has 0 bridgehead atoms. The van der Waals surface area contributed by atoms with Crippen molar-refractivity contribution in [3.8, 4) is 0 Å². The highest BCUT2D eigenvalue weighted by Gasteiger charge is 2.16. The van der Waals surface area contributed by atoms with Crippen LogP contribution in [-0.4, -0.2) is 28.3 Å². The Balaban J connectivity index is 1.76. The Bertz CT molecular complexity index is 426. The van der Waals surface area contributed by atoms with Gasteiger partial charge in [-0.15, -0.1) is 0 Å². The van der Waals surface area contributed by atoms with Crippen molar-refractivity contribution in [1.82, 2.24) is 5.32 Å². The number of nitrogens with one attached hydrogen (secondary N) is 1. The van der Waals surface area contributed by atoms with E-state index >= 15 is 0 Å². The molecule has 1 aromatic rings. The van der Waals surface area contributed by atoms with E-state index in [2.05, 4.69) is 5.32 Å². The normalized spacial score (nSPS) is 24.1. The van der Waals surface area contributed by atoms with E-state index in [1.807, 2.05) is 13.0 Å². The minimum Gasteiger partial charge on any atom is -0.314 e. The van der Waals surface area contributed by atoms with Gasteiger partial charge in [0.05, 0.1) is 0 Å². The van der Waals surface area contributed by atoms with Crippen LogP contribution < -0.4 is 5.32 Å². The first-order chi connectivity index (χ1) is 8.65. The zero-order valence-electron chi connectivity index (χ0n) is 10.7. The monoisotopic (exact) mass is 269 g/mol. The average molecular weight is 269 g/mol. The fraction of sp³-hybridized carbons (Fsp3) is 0.571. The van der Waals surface area contributed by atoms with Crippen molar-refractivity contribution in [1.29, 1.82) is 0 Å². The van der Waals surface area contributed by atoms with Crippen molar-refractivity contribution in [3.05, 3.63) is 35.1 Å². The molecule has 1 saturated heterocycles. The fourth-order valence-corrected chi connectivity index (χ4v) is 3.65. The van der Waals surface area contributed by atoms with Crippen LogP contribution in [0.3, 0.4) is 0 Å². The van der Waals surface area contributed by atoms with E-state index in [1.54, 1.807) is 6.07 Å². The number of aryl methyl sites for hydroxylation is 1. The SMILES string of the molecule is Cc1cc(F)ccc1CCNC1CCS(=O)CC1. The lowest BCUT2D eigenvalue weighted by molar-refractivity contribution is 0.479. The molecule has 0 spiro atoms. The highest BCUT2D eigenvalue weighted by atomic mass is 32.2. The second-order valence-electron chi connectivity index (χ2n) is 4.90. The highest BCUT2D eigenvalue weighted by molar-refractivity contribution is 7.85. The maximum absolute atomic E-state index is 13.0. The molecule has 1 aliphatic heterocycles. The third-order valence-corrected chi connectivity index (χ3v) is 4.90. The summed E-state index contributed by atoms with van der Waals surface area (Å²) in [6, 6.07) is 5.47. The Morgan fingerprint density at radius 2 is 2.11 bits per heavy atom.